The lowest BCUT2D eigenvalue weighted by Gasteiger charge is -2.39. The SMILES string of the molecule is CN1CCC(NS(=O)(=O)C2CC2)(C(N)=NO)CC1. The van der Waals surface area contributed by atoms with Crippen LogP contribution in [0, 0.1) is 0 Å². The Kier molecular flexibility index (Phi) is 3.52. The summed E-state index contributed by atoms with van der Waals surface area (Å²) in [6, 6.07) is 0. The van der Waals surface area contributed by atoms with Crippen LogP contribution < -0.4 is 10.5 Å². The topological polar surface area (TPSA) is 108 Å². The van der Waals surface area contributed by atoms with E-state index in [1.54, 1.807) is 0 Å². The minimum Gasteiger partial charge on any atom is -0.409 e. The van der Waals surface area contributed by atoms with E-state index in [-0.39, 0.29) is 11.1 Å². The average molecular weight is 276 g/mol. The smallest absolute Gasteiger partial charge is 0.215 e. The Morgan fingerprint density at radius 2 is 2.00 bits per heavy atom. The van der Waals surface area contributed by atoms with Gasteiger partial charge in [0.2, 0.25) is 10.0 Å². The number of hydrogen-bond acceptors (Lipinski definition) is 5. The summed E-state index contributed by atoms with van der Waals surface area (Å²) in [5.74, 6) is -0.0418. The van der Waals surface area contributed by atoms with E-state index in [1.807, 2.05) is 7.05 Å². The van der Waals surface area contributed by atoms with E-state index in [0.29, 0.717) is 38.8 Å². The quantitative estimate of drug-likeness (QED) is 0.272. The van der Waals surface area contributed by atoms with Gasteiger partial charge in [0.1, 0.15) is 0 Å². The third kappa shape index (κ3) is 2.60. The molecule has 0 unspecified atom stereocenters. The van der Waals surface area contributed by atoms with Crippen molar-refractivity contribution in [2.24, 2.45) is 10.9 Å². The fraction of sp³-hybridized carbons (Fsp3) is 0.900. The second-order valence-electron chi connectivity index (χ2n) is 5.22. The molecule has 0 radical (unpaired) electrons. The summed E-state index contributed by atoms with van der Waals surface area (Å²) in [4.78, 5) is 2.09. The van der Waals surface area contributed by atoms with Gasteiger partial charge in [0.25, 0.3) is 0 Å². The van der Waals surface area contributed by atoms with Gasteiger partial charge >= 0.3 is 0 Å². The van der Waals surface area contributed by atoms with Gasteiger partial charge in [0, 0.05) is 13.1 Å². The van der Waals surface area contributed by atoms with E-state index in [1.165, 1.54) is 0 Å². The minimum atomic E-state index is -3.36. The van der Waals surface area contributed by atoms with E-state index in [4.69, 9.17) is 10.9 Å². The van der Waals surface area contributed by atoms with Crippen LogP contribution in [0.15, 0.2) is 5.16 Å². The molecule has 2 aliphatic rings. The van der Waals surface area contributed by atoms with Gasteiger partial charge in [-0.15, -0.1) is 0 Å². The molecule has 0 aromatic rings. The highest BCUT2D eigenvalue weighted by Crippen LogP contribution is 2.31. The second-order valence-corrected chi connectivity index (χ2v) is 7.18. The second kappa shape index (κ2) is 4.67. The molecule has 18 heavy (non-hydrogen) atoms. The fourth-order valence-electron chi connectivity index (χ4n) is 2.24. The molecule has 0 spiro atoms. The van der Waals surface area contributed by atoms with Crippen molar-refractivity contribution < 1.29 is 13.6 Å². The van der Waals surface area contributed by atoms with Crippen molar-refractivity contribution >= 4 is 15.9 Å². The first-order chi connectivity index (χ1) is 8.39. The molecule has 0 atom stereocenters. The number of piperidine rings is 1. The summed E-state index contributed by atoms with van der Waals surface area (Å²) in [5.41, 5.74) is 4.78. The van der Waals surface area contributed by atoms with E-state index in [0.717, 1.165) is 0 Å². The van der Waals surface area contributed by atoms with Crippen molar-refractivity contribution in [3.8, 4) is 0 Å². The monoisotopic (exact) mass is 276 g/mol. The molecule has 1 heterocycles. The number of amidine groups is 1. The van der Waals surface area contributed by atoms with Gasteiger partial charge < -0.3 is 15.8 Å². The molecular formula is C10H20N4O3S. The lowest BCUT2D eigenvalue weighted by Crippen LogP contribution is -2.62. The van der Waals surface area contributed by atoms with Crippen LogP contribution in [0.25, 0.3) is 0 Å². The van der Waals surface area contributed by atoms with Gasteiger partial charge in [0.05, 0.1) is 10.8 Å². The molecule has 0 aromatic heterocycles. The lowest BCUT2D eigenvalue weighted by molar-refractivity contribution is 0.213. The molecule has 0 aromatic carbocycles. The Labute approximate surface area is 107 Å². The molecule has 1 saturated heterocycles. The Hall–Kier alpha value is -0.860. The van der Waals surface area contributed by atoms with E-state index in [2.05, 4.69) is 14.8 Å². The van der Waals surface area contributed by atoms with Crippen LogP contribution in [0.2, 0.25) is 0 Å². The summed E-state index contributed by atoms with van der Waals surface area (Å²) >= 11 is 0. The van der Waals surface area contributed by atoms with E-state index in [9.17, 15) is 8.42 Å². The molecule has 104 valence electrons. The van der Waals surface area contributed by atoms with Gasteiger partial charge in [-0.1, -0.05) is 5.16 Å². The predicted molar refractivity (Wildman–Crippen MR) is 67.9 cm³/mol. The summed E-state index contributed by atoms with van der Waals surface area (Å²) in [6.07, 6.45) is 2.43. The summed E-state index contributed by atoms with van der Waals surface area (Å²) in [5, 5.41) is 11.6. The first-order valence-corrected chi connectivity index (χ1v) is 7.64. The third-order valence-corrected chi connectivity index (χ3v) is 5.76. The fourth-order valence-corrected chi connectivity index (χ4v) is 4.02. The third-order valence-electron chi connectivity index (χ3n) is 3.74. The van der Waals surface area contributed by atoms with Crippen LogP contribution in [0.4, 0.5) is 0 Å². The minimum absolute atomic E-state index is 0.0418. The van der Waals surface area contributed by atoms with E-state index >= 15 is 0 Å². The largest absolute Gasteiger partial charge is 0.409 e. The predicted octanol–water partition coefficient (Wildman–Crippen LogP) is -0.721. The van der Waals surface area contributed by atoms with Crippen molar-refractivity contribution in [2.75, 3.05) is 20.1 Å². The van der Waals surface area contributed by atoms with Gasteiger partial charge in [0.15, 0.2) is 5.84 Å². The lowest BCUT2D eigenvalue weighted by atomic mass is 9.88. The molecule has 4 N–H and O–H groups in total. The number of hydrogen-bond donors (Lipinski definition) is 3. The number of likely N-dealkylation sites (tertiary alicyclic amines) is 1. The van der Waals surface area contributed by atoms with Crippen molar-refractivity contribution in [1.82, 2.24) is 9.62 Å². The highest BCUT2D eigenvalue weighted by atomic mass is 32.2. The highest BCUT2D eigenvalue weighted by Gasteiger charge is 2.45. The van der Waals surface area contributed by atoms with Gasteiger partial charge in [-0.25, -0.2) is 13.1 Å². The zero-order chi connectivity index (χ0) is 13.4. The summed E-state index contributed by atoms with van der Waals surface area (Å²) in [7, 11) is -1.39. The highest BCUT2D eigenvalue weighted by molar-refractivity contribution is 7.90. The van der Waals surface area contributed by atoms with Gasteiger partial charge in [-0.05, 0) is 32.7 Å². The zero-order valence-corrected chi connectivity index (χ0v) is 11.3. The van der Waals surface area contributed by atoms with Crippen molar-refractivity contribution in [3.05, 3.63) is 0 Å². The number of nitrogens with one attached hydrogen (secondary N) is 1. The van der Waals surface area contributed by atoms with Crippen LogP contribution in [0.1, 0.15) is 25.7 Å². The molecule has 8 heteroatoms. The molecular weight excluding hydrogens is 256 g/mol. The average Bonchev–Trinajstić information content (AvgIpc) is 3.15. The maximum atomic E-state index is 12.1. The number of nitrogens with two attached hydrogens (primary N) is 1. The van der Waals surface area contributed by atoms with Crippen LogP contribution in [-0.2, 0) is 10.0 Å². The van der Waals surface area contributed by atoms with Crippen LogP contribution in [0.5, 0.6) is 0 Å². The van der Waals surface area contributed by atoms with Crippen molar-refractivity contribution in [1.29, 1.82) is 0 Å². The summed E-state index contributed by atoms with van der Waals surface area (Å²) < 4.78 is 26.8. The number of rotatable bonds is 4. The standard InChI is InChI=1S/C10H20N4O3S/c1-14-6-4-10(5-7-14,9(11)12-15)13-18(16,17)8-2-3-8/h8,13,15H,2-7H2,1H3,(H2,11,12). The Balaban J connectivity index is 2.20. The Morgan fingerprint density at radius 3 is 2.44 bits per heavy atom. The van der Waals surface area contributed by atoms with Crippen LogP contribution >= 0.6 is 0 Å². The Morgan fingerprint density at radius 1 is 1.44 bits per heavy atom. The van der Waals surface area contributed by atoms with E-state index < -0.39 is 15.6 Å². The summed E-state index contributed by atoms with van der Waals surface area (Å²) in [6.45, 7) is 1.42. The van der Waals surface area contributed by atoms with Gasteiger partial charge in [-0.3, -0.25) is 0 Å². The molecule has 1 saturated carbocycles. The normalized spacial score (nSPS) is 26.2. The van der Waals surface area contributed by atoms with Crippen molar-refractivity contribution in [2.45, 2.75) is 36.5 Å². The zero-order valence-electron chi connectivity index (χ0n) is 10.5. The van der Waals surface area contributed by atoms with Crippen LogP contribution in [-0.4, -0.2) is 55.3 Å². The van der Waals surface area contributed by atoms with Crippen molar-refractivity contribution in [3.63, 3.8) is 0 Å². The first kappa shape index (κ1) is 13.6. The molecule has 0 amide bonds. The molecule has 2 fully saturated rings. The molecule has 1 aliphatic carbocycles. The Bertz CT molecular complexity index is 436. The molecule has 2 rings (SSSR count). The molecule has 1 aliphatic heterocycles. The first-order valence-electron chi connectivity index (χ1n) is 6.09. The van der Waals surface area contributed by atoms with Gasteiger partial charge in [-0.2, -0.15) is 0 Å². The van der Waals surface area contributed by atoms with Crippen LogP contribution in [0.3, 0.4) is 0 Å². The molecule has 0 bridgehead atoms. The maximum absolute atomic E-state index is 12.1. The maximum Gasteiger partial charge on any atom is 0.215 e. The number of nitrogens with zero attached hydrogens (tertiary/aromatic N) is 2. The molecule has 7 nitrogen and oxygen atoms in total. The number of sulfonamides is 1. The number of oxime groups is 1.